The highest BCUT2D eigenvalue weighted by atomic mass is 16.4. The van der Waals surface area contributed by atoms with E-state index in [0.717, 1.165) is 25.0 Å². The van der Waals surface area contributed by atoms with E-state index < -0.39 is 41.0 Å². The summed E-state index contributed by atoms with van der Waals surface area (Å²) in [5.74, 6) is -4.07. The number of hydrogen-bond donors (Lipinski definition) is 4. The quantitative estimate of drug-likeness (QED) is 0.481. The third-order valence-electron chi connectivity index (χ3n) is 4.73. The fraction of sp³-hybridized carbons (Fsp3) is 0.467. The molecule has 3 fully saturated rings. The van der Waals surface area contributed by atoms with Crippen molar-refractivity contribution in [2.24, 2.45) is 11.8 Å². The summed E-state index contributed by atoms with van der Waals surface area (Å²) in [6.45, 7) is 1.33. The van der Waals surface area contributed by atoms with Crippen molar-refractivity contribution in [3.63, 3.8) is 0 Å². The van der Waals surface area contributed by atoms with Gasteiger partial charge in [-0.1, -0.05) is 0 Å². The van der Waals surface area contributed by atoms with E-state index in [4.69, 9.17) is 0 Å². The molecular formula is C15H17NO6. The van der Waals surface area contributed by atoms with Gasteiger partial charge in [0.25, 0.3) is 0 Å². The summed E-state index contributed by atoms with van der Waals surface area (Å²) in [4.78, 5) is 26.1. The second-order valence-electron chi connectivity index (χ2n) is 5.91. The van der Waals surface area contributed by atoms with Gasteiger partial charge in [0.1, 0.15) is 6.04 Å². The fourth-order valence-electron chi connectivity index (χ4n) is 3.65. The number of carbonyl (C=O) groups is 2. The number of Topliss-reactive ketones (excluding diaryl/α,β-unsaturated/α-hetero) is 1. The zero-order valence-electron chi connectivity index (χ0n) is 11.8. The van der Waals surface area contributed by atoms with Crippen molar-refractivity contribution in [1.29, 1.82) is 0 Å². The highest BCUT2D eigenvalue weighted by molar-refractivity contribution is 6.02. The van der Waals surface area contributed by atoms with Crippen LogP contribution < -0.4 is 0 Å². The van der Waals surface area contributed by atoms with E-state index in [1.165, 1.54) is 0 Å². The third kappa shape index (κ3) is 2.18. The van der Waals surface area contributed by atoms with Gasteiger partial charge in [-0.3, -0.25) is 14.5 Å². The lowest BCUT2D eigenvalue weighted by Gasteiger charge is -2.48. The van der Waals surface area contributed by atoms with Crippen molar-refractivity contribution < 1.29 is 30.0 Å². The van der Waals surface area contributed by atoms with Crippen LogP contribution in [0.15, 0.2) is 12.1 Å². The predicted molar refractivity (Wildman–Crippen MR) is 75.0 cm³/mol. The number of carboxylic acids is 1. The molecule has 0 aromatic heterocycles. The number of ketones is 1. The van der Waals surface area contributed by atoms with E-state index in [9.17, 15) is 30.0 Å². The minimum absolute atomic E-state index is 0.0119. The van der Waals surface area contributed by atoms with E-state index in [0.29, 0.717) is 13.1 Å². The van der Waals surface area contributed by atoms with Crippen LogP contribution in [0.2, 0.25) is 0 Å². The largest absolute Gasteiger partial charge is 0.504 e. The fourth-order valence-corrected chi connectivity index (χ4v) is 3.65. The molecule has 3 aliphatic heterocycles. The zero-order chi connectivity index (χ0) is 16.0. The number of hydrogen-bond acceptors (Lipinski definition) is 6. The van der Waals surface area contributed by atoms with Gasteiger partial charge < -0.3 is 20.4 Å². The summed E-state index contributed by atoms with van der Waals surface area (Å²) < 4.78 is 0. The maximum Gasteiger partial charge on any atom is 0.321 e. The van der Waals surface area contributed by atoms with Crippen LogP contribution in [0.4, 0.5) is 0 Å². The second-order valence-corrected chi connectivity index (χ2v) is 5.91. The summed E-state index contributed by atoms with van der Waals surface area (Å²) in [6.07, 6.45) is 1.52. The Labute approximate surface area is 126 Å². The van der Waals surface area contributed by atoms with Gasteiger partial charge in [-0.25, -0.2) is 0 Å². The monoisotopic (exact) mass is 307 g/mol. The lowest BCUT2D eigenvalue weighted by molar-refractivity contribution is -0.150. The zero-order valence-corrected chi connectivity index (χ0v) is 11.8. The molecule has 3 saturated heterocycles. The van der Waals surface area contributed by atoms with Crippen molar-refractivity contribution in [2.45, 2.75) is 18.9 Å². The first kappa shape index (κ1) is 14.6. The number of fused-ring (bicyclic) bond motifs is 3. The minimum atomic E-state index is -1.03. The number of aliphatic carboxylic acids is 1. The molecule has 0 saturated carbocycles. The third-order valence-corrected chi connectivity index (χ3v) is 4.73. The van der Waals surface area contributed by atoms with Gasteiger partial charge in [0, 0.05) is 5.56 Å². The highest BCUT2D eigenvalue weighted by Gasteiger charge is 2.49. The van der Waals surface area contributed by atoms with Crippen molar-refractivity contribution in [3.05, 3.63) is 17.7 Å². The van der Waals surface area contributed by atoms with Gasteiger partial charge in [0.2, 0.25) is 0 Å². The van der Waals surface area contributed by atoms with Crippen LogP contribution in [0.25, 0.3) is 0 Å². The summed E-state index contributed by atoms with van der Waals surface area (Å²) in [6, 6.07) is 1.25. The lowest BCUT2D eigenvalue weighted by Crippen LogP contribution is -2.60. The van der Waals surface area contributed by atoms with Crippen LogP contribution >= 0.6 is 0 Å². The molecule has 3 aliphatic rings. The van der Waals surface area contributed by atoms with E-state index in [1.54, 1.807) is 4.90 Å². The second kappa shape index (κ2) is 5.17. The Morgan fingerprint density at radius 1 is 1.05 bits per heavy atom. The van der Waals surface area contributed by atoms with Gasteiger partial charge >= 0.3 is 5.97 Å². The lowest BCUT2D eigenvalue weighted by atomic mass is 9.70. The van der Waals surface area contributed by atoms with Gasteiger partial charge in [-0.2, -0.15) is 0 Å². The van der Waals surface area contributed by atoms with E-state index in [-0.39, 0.29) is 11.5 Å². The molecule has 3 heterocycles. The maximum absolute atomic E-state index is 12.7. The first-order valence-electron chi connectivity index (χ1n) is 7.16. The molecule has 1 aromatic carbocycles. The minimum Gasteiger partial charge on any atom is -0.504 e. The Kier molecular flexibility index (Phi) is 3.44. The molecule has 1 aromatic rings. The van der Waals surface area contributed by atoms with Crippen LogP contribution in [0.5, 0.6) is 17.2 Å². The molecule has 7 nitrogen and oxygen atoms in total. The van der Waals surface area contributed by atoms with E-state index >= 15 is 0 Å². The van der Waals surface area contributed by atoms with Gasteiger partial charge in [-0.15, -0.1) is 0 Å². The summed E-state index contributed by atoms with van der Waals surface area (Å²) in [5, 5.41) is 37.9. The van der Waals surface area contributed by atoms with E-state index in [2.05, 4.69) is 0 Å². The Balaban J connectivity index is 1.98. The molecule has 22 heavy (non-hydrogen) atoms. The molecule has 0 spiro atoms. The van der Waals surface area contributed by atoms with Gasteiger partial charge in [0.15, 0.2) is 23.0 Å². The molecule has 0 aliphatic carbocycles. The number of aromatic hydroxyl groups is 3. The highest BCUT2D eigenvalue weighted by Crippen LogP contribution is 2.41. The van der Waals surface area contributed by atoms with E-state index in [1.807, 2.05) is 0 Å². The number of benzene rings is 1. The molecule has 0 radical (unpaired) electrons. The molecular weight excluding hydrogens is 290 g/mol. The van der Waals surface area contributed by atoms with Gasteiger partial charge in [0.05, 0.1) is 5.92 Å². The average Bonchev–Trinajstić information content (AvgIpc) is 2.51. The standard InChI is InChI=1S/C15H17NO6/c17-9-5-8(6-10(18)14(9)20)13(19)11-7-1-3-16(4-2-7)12(11)15(21)22/h5-7,11-12,17-18,20H,1-4H2,(H,21,22). The molecule has 2 bridgehead atoms. The normalized spacial score (nSPS) is 30.2. The Hall–Kier alpha value is -2.28. The SMILES string of the molecule is O=C(c1cc(O)c(O)c(O)c1)C1C2CCN(CC2)C1C(=O)O. The van der Waals surface area contributed by atoms with Crippen LogP contribution in [0.1, 0.15) is 23.2 Å². The summed E-state index contributed by atoms with van der Waals surface area (Å²) >= 11 is 0. The van der Waals surface area contributed by atoms with Crippen molar-refractivity contribution in [1.82, 2.24) is 4.90 Å². The summed E-state index contributed by atoms with van der Waals surface area (Å²) in [7, 11) is 0. The van der Waals surface area contributed by atoms with Gasteiger partial charge in [-0.05, 0) is 44.0 Å². The molecule has 4 rings (SSSR count). The number of nitrogens with zero attached hydrogens (tertiary/aromatic N) is 1. The summed E-state index contributed by atoms with van der Waals surface area (Å²) in [5.41, 5.74) is 0.0119. The van der Waals surface area contributed by atoms with Crippen LogP contribution in [-0.2, 0) is 4.79 Å². The molecule has 2 unspecified atom stereocenters. The van der Waals surface area contributed by atoms with Crippen molar-refractivity contribution in [2.75, 3.05) is 13.1 Å². The maximum atomic E-state index is 12.7. The Morgan fingerprint density at radius 3 is 2.09 bits per heavy atom. The van der Waals surface area contributed by atoms with Crippen molar-refractivity contribution >= 4 is 11.8 Å². The average molecular weight is 307 g/mol. The Bertz CT molecular complexity index is 612. The Morgan fingerprint density at radius 2 is 1.59 bits per heavy atom. The van der Waals surface area contributed by atoms with Crippen molar-refractivity contribution in [3.8, 4) is 17.2 Å². The van der Waals surface area contributed by atoms with Crippen LogP contribution in [0.3, 0.4) is 0 Å². The molecule has 4 N–H and O–H groups in total. The predicted octanol–water partition coefficient (Wildman–Crippen LogP) is 0.781. The topological polar surface area (TPSA) is 118 Å². The molecule has 7 heteroatoms. The van der Waals surface area contributed by atoms with Crippen LogP contribution in [0, 0.1) is 11.8 Å². The van der Waals surface area contributed by atoms with Crippen LogP contribution in [-0.4, -0.2) is 56.2 Å². The number of carboxylic acid groups (broad SMARTS) is 1. The number of rotatable bonds is 3. The number of phenolic OH excluding ortho intramolecular Hbond substituents is 3. The smallest absolute Gasteiger partial charge is 0.321 e. The molecule has 2 atom stereocenters. The number of carbonyl (C=O) groups excluding carboxylic acids is 1. The first-order chi connectivity index (χ1) is 10.4. The molecule has 0 amide bonds. The number of piperidine rings is 3. The first-order valence-corrected chi connectivity index (χ1v) is 7.16. The number of phenols is 3. The molecule has 118 valence electrons.